The lowest BCUT2D eigenvalue weighted by Crippen LogP contribution is -2.39. The van der Waals surface area contributed by atoms with E-state index in [1.807, 2.05) is 0 Å². The molecule has 1 aliphatic rings. The summed E-state index contributed by atoms with van der Waals surface area (Å²) in [5, 5.41) is 20.6. The molecule has 0 spiro atoms. The first kappa shape index (κ1) is 19.1. The van der Waals surface area contributed by atoms with E-state index in [1.54, 1.807) is 29.2 Å². The second-order valence-electron chi connectivity index (χ2n) is 6.82. The Morgan fingerprint density at radius 1 is 1.21 bits per heavy atom. The first-order valence-electron chi connectivity index (χ1n) is 9.15. The van der Waals surface area contributed by atoms with Gasteiger partial charge in [0.2, 0.25) is 0 Å². The number of piperidine rings is 1. The number of likely N-dealkylation sites (tertiary alicyclic amines) is 1. The molecule has 1 unspecified atom stereocenters. The molecule has 1 saturated heterocycles. The zero-order chi connectivity index (χ0) is 20.4. The Morgan fingerprint density at radius 2 is 2.03 bits per heavy atom. The number of nitro groups is 1. The molecule has 1 fully saturated rings. The number of carbonyl (C=O) groups excluding carboxylic acids is 1. The van der Waals surface area contributed by atoms with E-state index < -0.39 is 4.92 Å². The summed E-state index contributed by atoms with van der Waals surface area (Å²) in [6.45, 7) is 1.03. The van der Waals surface area contributed by atoms with Gasteiger partial charge in [-0.2, -0.15) is 0 Å². The van der Waals surface area contributed by atoms with Crippen molar-refractivity contribution in [2.24, 2.45) is 0 Å². The molecule has 0 N–H and O–H groups in total. The van der Waals surface area contributed by atoms with Crippen LogP contribution in [0.1, 0.15) is 34.1 Å². The van der Waals surface area contributed by atoms with Crippen LogP contribution in [0.2, 0.25) is 0 Å². The summed E-state index contributed by atoms with van der Waals surface area (Å²) >= 11 is 1.33. The number of halogens is 1. The van der Waals surface area contributed by atoms with E-state index in [1.165, 1.54) is 35.6 Å². The summed E-state index contributed by atoms with van der Waals surface area (Å²) in [6, 6.07) is 12.2. The van der Waals surface area contributed by atoms with E-state index in [2.05, 4.69) is 10.2 Å². The maximum absolute atomic E-state index is 14.0. The first-order valence-corrected chi connectivity index (χ1v) is 9.96. The van der Waals surface area contributed by atoms with Crippen LogP contribution in [0.4, 0.5) is 10.1 Å². The SMILES string of the molecule is O=C(c1cccc([N+](=O)[O-])c1)N1CCCC(c2nnc(-c3ccccc3F)s2)C1. The van der Waals surface area contributed by atoms with Crippen molar-refractivity contribution in [1.29, 1.82) is 0 Å². The minimum Gasteiger partial charge on any atom is -0.338 e. The predicted molar refractivity (Wildman–Crippen MR) is 106 cm³/mol. The molecule has 4 rings (SSSR count). The molecular formula is C20H17FN4O3S. The van der Waals surface area contributed by atoms with E-state index >= 15 is 0 Å². The van der Waals surface area contributed by atoms with Gasteiger partial charge in [0, 0.05) is 42.3 Å². The maximum Gasteiger partial charge on any atom is 0.270 e. The minimum absolute atomic E-state index is 0.00409. The number of nitro benzene ring substituents is 1. The normalized spacial score (nSPS) is 16.6. The Kier molecular flexibility index (Phi) is 5.30. The van der Waals surface area contributed by atoms with Crippen LogP contribution in [0.25, 0.3) is 10.6 Å². The fourth-order valence-electron chi connectivity index (χ4n) is 3.44. The number of benzene rings is 2. The van der Waals surface area contributed by atoms with Crippen molar-refractivity contribution < 1.29 is 14.1 Å². The molecule has 148 valence electrons. The van der Waals surface area contributed by atoms with E-state index in [-0.39, 0.29) is 23.3 Å². The number of non-ortho nitro benzene ring substituents is 1. The average Bonchev–Trinajstić information content (AvgIpc) is 3.24. The van der Waals surface area contributed by atoms with Crippen LogP contribution in [-0.2, 0) is 0 Å². The molecular weight excluding hydrogens is 395 g/mol. The lowest BCUT2D eigenvalue weighted by atomic mass is 9.98. The van der Waals surface area contributed by atoms with E-state index in [4.69, 9.17) is 0 Å². The molecule has 2 aromatic carbocycles. The highest BCUT2D eigenvalue weighted by Crippen LogP contribution is 2.34. The van der Waals surface area contributed by atoms with Crippen molar-refractivity contribution >= 4 is 22.9 Å². The Balaban J connectivity index is 1.52. The molecule has 2 heterocycles. The molecule has 1 amide bonds. The number of hydrogen-bond donors (Lipinski definition) is 0. The lowest BCUT2D eigenvalue weighted by Gasteiger charge is -2.31. The molecule has 0 bridgehead atoms. The smallest absolute Gasteiger partial charge is 0.270 e. The first-order chi connectivity index (χ1) is 14.0. The monoisotopic (exact) mass is 412 g/mol. The lowest BCUT2D eigenvalue weighted by molar-refractivity contribution is -0.384. The van der Waals surface area contributed by atoms with Crippen LogP contribution in [0.3, 0.4) is 0 Å². The van der Waals surface area contributed by atoms with E-state index in [9.17, 15) is 19.3 Å². The second kappa shape index (κ2) is 8.04. The Morgan fingerprint density at radius 3 is 2.83 bits per heavy atom. The molecule has 0 saturated carbocycles. The molecule has 1 atom stereocenters. The van der Waals surface area contributed by atoms with Gasteiger partial charge in [0.15, 0.2) is 5.01 Å². The third kappa shape index (κ3) is 4.00. The molecule has 0 aliphatic carbocycles. The van der Waals surface area contributed by atoms with Crippen LogP contribution >= 0.6 is 11.3 Å². The van der Waals surface area contributed by atoms with Crippen molar-refractivity contribution in [3.63, 3.8) is 0 Å². The average molecular weight is 412 g/mol. The second-order valence-corrected chi connectivity index (χ2v) is 7.83. The Labute approximate surface area is 170 Å². The largest absolute Gasteiger partial charge is 0.338 e. The summed E-state index contributed by atoms with van der Waals surface area (Å²) in [6.07, 6.45) is 1.64. The fraction of sp³-hybridized carbons (Fsp3) is 0.250. The number of amides is 1. The maximum atomic E-state index is 14.0. The molecule has 29 heavy (non-hydrogen) atoms. The third-order valence-corrected chi connectivity index (χ3v) is 6.03. The summed E-state index contributed by atoms with van der Waals surface area (Å²) in [5.74, 6) is -0.581. The zero-order valence-electron chi connectivity index (χ0n) is 15.3. The number of hydrogen-bond acceptors (Lipinski definition) is 6. The summed E-state index contributed by atoms with van der Waals surface area (Å²) < 4.78 is 14.0. The van der Waals surface area contributed by atoms with Crippen LogP contribution in [0, 0.1) is 15.9 Å². The topological polar surface area (TPSA) is 89.2 Å². The van der Waals surface area contributed by atoms with Crippen LogP contribution in [-0.4, -0.2) is 39.0 Å². The van der Waals surface area contributed by atoms with Gasteiger partial charge in [0.1, 0.15) is 10.8 Å². The van der Waals surface area contributed by atoms with Gasteiger partial charge in [0.25, 0.3) is 11.6 Å². The van der Waals surface area contributed by atoms with Crippen molar-refractivity contribution in [1.82, 2.24) is 15.1 Å². The van der Waals surface area contributed by atoms with Crippen LogP contribution in [0.5, 0.6) is 0 Å². The molecule has 1 aromatic heterocycles. The van der Waals surface area contributed by atoms with Crippen LogP contribution < -0.4 is 0 Å². The fourth-order valence-corrected chi connectivity index (χ4v) is 4.44. The standard InChI is InChI=1S/C20H17FN4O3S/c21-17-9-2-1-8-16(17)19-23-22-18(29-19)14-6-4-10-24(12-14)20(26)13-5-3-7-15(11-13)25(27)28/h1-3,5,7-9,11,14H,4,6,10,12H2. The van der Waals surface area contributed by atoms with Crippen molar-refractivity contribution in [2.45, 2.75) is 18.8 Å². The van der Waals surface area contributed by atoms with Gasteiger partial charge in [-0.3, -0.25) is 14.9 Å². The van der Waals surface area contributed by atoms with Gasteiger partial charge in [0.05, 0.1) is 4.92 Å². The minimum atomic E-state index is -0.513. The summed E-state index contributed by atoms with van der Waals surface area (Å²) in [5.41, 5.74) is 0.601. The molecule has 0 radical (unpaired) electrons. The number of nitrogens with zero attached hydrogens (tertiary/aromatic N) is 4. The quantitative estimate of drug-likeness (QED) is 0.472. The number of rotatable bonds is 4. The van der Waals surface area contributed by atoms with Crippen molar-refractivity contribution in [3.05, 3.63) is 75.0 Å². The van der Waals surface area contributed by atoms with Crippen LogP contribution in [0.15, 0.2) is 48.5 Å². The molecule has 9 heteroatoms. The highest BCUT2D eigenvalue weighted by atomic mass is 32.1. The van der Waals surface area contributed by atoms with E-state index in [0.29, 0.717) is 29.2 Å². The Bertz CT molecular complexity index is 1070. The van der Waals surface area contributed by atoms with Gasteiger partial charge in [-0.1, -0.05) is 29.5 Å². The predicted octanol–water partition coefficient (Wildman–Crippen LogP) is 4.27. The van der Waals surface area contributed by atoms with Crippen molar-refractivity contribution in [3.8, 4) is 10.6 Å². The third-order valence-electron chi connectivity index (χ3n) is 4.91. The number of aromatic nitrogens is 2. The van der Waals surface area contributed by atoms with Gasteiger partial charge < -0.3 is 4.90 Å². The molecule has 7 nitrogen and oxygen atoms in total. The van der Waals surface area contributed by atoms with E-state index in [0.717, 1.165) is 17.8 Å². The highest BCUT2D eigenvalue weighted by molar-refractivity contribution is 7.14. The van der Waals surface area contributed by atoms with Crippen molar-refractivity contribution in [2.75, 3.05) is 13.1 Å². The molecule has 3 aromatic rings. The van der Waals surface area contributed by atoms with Gasteiger partial charge in [-0.15, -0.1) is 10.2 Å². The highest BCUT2D eigenvalue weighted by Gasteiger charge is 2.28. The summed E-state index contributed by atoms with van der Waals surface area (Å²) in [4.78, 5) is 25.0. The zero-order valence-corrected chi connectivity index (χ0v) is 16.1. The Hall–Kier alpha value is -3.20. The van der Waals surface area contributed by atoms with Gasteiger partial charge >= 0.3 is 0 Å². The summed E-state index contributed by atoms with van der Waals surface area (Å²) in [7, 11) is 0. The van der Waals surface area contributed by atoms with Gasteiger partial charge in [-0.25, -0.2) is 4.39 Å². The molecule has 1 aliphatic heterocycles. The number of carbonyl (C=O) groups is 1. The van der Waals surface area contributed by atoms with Gasteiger partial charge in [-0.05, 0) is 31.0 Å².